The number of carbonyl (C=O) groups excluding carboxylic acids is 3. The molecule has 110 valence electrons. The number of hydrogen-bond donors (Lipinski definition) is 1. The fourth-order valence-electron chi connectivity index (χ4n) is 3.13. The summed E-state index contributed by atoms with van der Waals surface area (Å²) in [5, 5.41) is 2.30. The van der Waals surface area contributed by atoms with Gasteiger partial charge in [0.25, 0.3) is 0 Å². The number of rotatable bonds is 1. The first-order valence-corrected chi connectivity index (χ1v) is 7.09. The molecular weight excluding hydrogens is 270 g/mol. The topological polar surface area (TPSA) is 78.8 Å². The maximum absolute atomic E-state index is 12.8. The van der Waals surface area contributed by atoms with E-state index >= 15 is 0 Å². The molecule has 3 amide bonds. The zero-order chi connectivity index (χ0) is 15.1. The Morgan fingerprint density at radius 1 is 1.33 bits per heavy atom. The highest BCUT2D eigenvalue weighted by Crippen LogP contribution is 2.34. The molecule has 1 saturated heterocycles. The minimum absolute atomic E-state index is 0.0464. The smallest absolute Gasteiger partial charge is 0.249 e. The lowest BCUT2D eigenvalue weighted by molar-refractivity contribution is -0.144. The molecule has 6 heteroatoms. The van der Waals surface area contributed by atoms with E-state index in [2.05, 4.69) is 10.3 Å². The summed E-state index contributed by atoms with van der Waals surface area (Å²) in [4.78, 5) is 42.0. The maximum atomic E-state index is 12.8. The average Bonchev–Trinajstić information content (AvgIpc) is 2.40. The summed E-state index contributed by atoms with van der Waals surface area (Å²) < 4.78 is 0. The maximum Gasteiger partial charge on any atom is 0.249 e. The van der Waals surface area contributed by atoms with Crippen molar-refractivity contribution in [2.45, 2.75) is 32.7 Å². The first-order chi connectivity index (χ1) is 9.99. The zero-order valence-corrected chi connectivity index (χ0v) is 12.0. The van der Waals surface area contributed by atoms with Crippen molar-refractivity contribution in [3.05, 3.63) is 23.9 Å². The standard InChI is InChI=1S/C15H17N3O3/c1-8-4-3-5-10-13(8)15(21)18(9(2)16-10)11-6-7-12(19)17-14(11)20/h3-5,8,11,13H,6-7H2,1-2H3,(H,17,19,20). The summed E-state index contributed by atoms with van der Waals surface area (Å²) in [7, 11) is 0. The lowest BCUT2D eigenvalue weighted by Gasteiger charge is -2.39. The summed E-state index contributed by atoms with van der Waals surface area (Å²) >= 11 is 0. The second-order valence-corrected chi connectivity index (χ2v) is 5.65. The molecule has 3 unspecified atom stereocenters. The van der Waals surface area contributed by atoms with Crippen molar-refractivity contribution >= 4 is 23.6 Å². The van der Waals surface area contributed by atoms with E-state index in [1.165, 1.54) is 4.90 Å². The molecule has 2 aliphatic heterocycles. The third kappa shape index (κ3) is 2.20. The Kier molecular flexibility index (Phi) is 3.23. The first-order valence-electron chi connectivity index (χ1n) is 7.09. The fourth-order valence-corrected chi connectivity index (χ4v) is 3.13. The first kappa shape index (κ1) is 13.7. The van der Waals surface area contributed by atoms with Crippen LogP contribution >= 0.6 is 0 Å². The summed E-state index contributed by atoms with van der Waals surface area (Å²) in [6.45, 7) is 3.69. The summed E-state index contributed by atoms with van der Waals surface area (Å²) in [5.41, 5.74) is 0.746. The molecule has 0 aromatic rings. The molecular formula is C15H17N3O3. The van der Waals surface area contributed by atoms with Gasteiger partial charge in [0.1, 0.15) is 11.9 Å². The van der Waals surface area contributed by atoms with Crippen LogP contribution in [-0.4, -0.2) is 34.5 Å². The molecule has 1 fully saturated rings. The molecule has 1 N–H and O–H groups in total. The molecule has 1 aliphatic carbocycles. The number of aliphatic imine (C=N–C) groups is 1. The molecule has 0 bridgehead atoms. The highest BCUT2D eigenvalue weighted by atomic mass is 16.2. The molecule has 6 nitrogen and oxygen atoms in total. The van der Waals surface area contributed by atoms with Gasteiger partial charge in [0.15, 0.2) is 0 Å². The van der Waals surface area contributed by atoms with Crippen molar-refractivity contribution in [3.63, 3.8) is 0 Å². The predicted molar refractivity (Wildman–Crippen MR) is 76.0 cm³/mol. The van der Waals surface area contributed by atoms with Gasteiger partial charge in [0, 0.05) is 6.42 Å². The quantitative estimate of drug-likeness (QED) is 0.723. The van der Waals surface area contributed by atoms with Gasteiger partial charge in [-0.2, -0.15) is 0 Å². The highest BCUT2D eigenvalue weighted by Gasteiger charge is 2.43. The van der Waals surface area contributed by atoms with Gasteiger partial charge in [-0.05, 0) is 25.3 Å². The predicted octanol–water partition coefficient (Wildman–Crippen LogP) is 0.758. The second kappa shape index (κ2) is 4.95. The van der Waals surface area contributed by atoms with Crippen molar-refractivity contribution in [2.75, 3.05) is 0 Å². The van der Waals surface area contributed by atoms with E-state index < -0.39 is 11.9 Å². The molecule has 3 aliphatic rings. The summed E-state index contributed by atoms with van der Waals surface area (Å²) in [5.74, 6) is -0.598. The van der Waals surface area contributed by atoms with Crippen LogP contribution in [0.5, 0.6) is 0 Å². The van der Waals surface area contributed by atoms with E-state index in [4.69, 9.17) is 0 Å². The number of imide groups is 1. The largest absolute Gasteiger partial charge is 0.295 e. The van der Waals surface area contributed by atoms with Crippen LogP contribution in [0, 0.1) is 11.8 Å². The van der Waals surface area contributed by atoms with Gasteiger partial charge in [0.2, 0.25) is 17.7 Å². The second-order valence-electron chi connectivity index (χ2n) is 5.65. The SMILES string of the molecule is CC1=NC2=CC=CC(C)C2C(=O)N1C1CCC(=O)NC1=O. The monoisotopic (exact) mass is 287 g/mol. The summed E-state index contributed by atoms with van der Waals surface area (Å²) in [6, 6.07) is -0.640. The minimum atomic E-state index is -0.640. The van der Waals surface area contributed by atoms with Gasteiger partial charge in [-0.25, -0.2) is 4.99 Å². The van der Waals surface area contributed by atoms with Crippen LogP contribution in [0.1, 0.15) is 26.7 Å². The number of nitrogens with one attached hydrogen (secondary N) is 1. The van der Waals surface area contributed by atoms with Crippen LogP contribution in [0.2, 0.25) is 0 Å². The van der Waals surface area contributed by atoms with E-state index in [0.717, 1.165) is 5.70 Å². The van der Waals surface area contributed by atoms with Crippen molar-refractivity contribution in [3.8, 4) is 0 Å². The van der Waals surface area contributed by atoms with E-state index in [9.17, 15) is 14.4 Å². The van der Waals surface area contributed by atoms with Crippen LogP contribution < -0.4 is 5.32 Å². The average molecular weight is 287 g/mol. The van der Waals surface area contributed by atoms with Crippen LogP contribution in [-0.2, 0) is 14.4 Å². The van der Waals surface area contributed by atoms with Gasteiger partial charge >= 0.3 is 0 Å². The third-order valence-electron chi connectivity index (χ3n) is 4.19. The van der Waals surface area contributed by atoms with Crippen LogP contribution in [0.4, 0.5) is 0 Å². The Morgan fingerprint density at radius 3 is 2.81 bits per heavy atom. The number of fused-ring (bicyclic) bond motifs is 1. The van der Waals surface area contributed by atoms with Crippen LogP contribution in [0.15, 0.2) is 28.9 Å². The molecule has 0 spiro atoms. The number of carbonyl (C=O) groups is 3. The number of amidine groups is 1. The number of amides is 3. The van der Waals surface area contributed by atoms with Crippen molar-refractivity contribution < 1.29 is 14.4 Å². The van der Waals surface area contributed by atoms with E-state index in [1.807, 2.05) is 25.2 Å². The molecule has 21 heavy (non-hydrogen) atoms. The fraction of sp³-hybridized carbons (Fsp3) is 0.467. The van der Waals surface area contributed by atoms with Crippen LogP contribution in [0.3, 0.4) is 0 Å². The molecule has 2 heterocycles. The number of hydrogen-bond acceptors (Lipinski definition) is 4. The van der Waals surface area contributed by atoms with Gasteiger partial charge < -0.3 is 0 Å². The molecule has 3 rings (SSSR count). The normalized spacial score (nSPS) is 32.4. The Hall–Kier alpha value is -2.24. The van der Waals surface area contributed by atoms with E-state index in [-0.39, 0.29) is 30.1 Å². The number of nitrogens with zero attached hydrogens (tertiary/aromatic N) is 2. The van der Waals surface area contributed by atoms with Crippen molar-refractivity contribution in [2.24, 2.45) is 16.8 Å². The third-order valence-corrected chi connectivity index (χ3v) is 4.19. The van der Waals surface area contributed by atoms with Crippen molar-refractivity contribution in [1.82, 2.24) is 10.2 Å². The van der Waals surface area contributed by atoms with Crippen LogP contribution in [0.25, 0.3) is 0 Å². The Balaban J connectivity index is 1.95. The van der Waals surface area contributed by atoms with Crippen molar-refractivity contribution in [1.29, 1.82) is 0 Å². The lowest BCUT2D eigenvalue weighted by Crippen LogP contribution is -2.58. The van der Waals surface area contributed by atoms with Gasteiger partial charge in [0.05, 0.1) is 11.6 Å². The molecule has 0 aromatic carbocycles. The lowest BCUT2D eigenvalue weighted by atomic mass is 9.84. The highest BCUT2D eigenvalue weighted by molar-refractivity contribution is 6.09. The van der Waals surface area contributed by atoms with Gasteiger partial charge in [-0.3, -0.25) is 24.6 Å². The number of allylic oxidation sites excluding steroid dienone is 3. The van der Waals surface area contributed by atoms with E-state index in [0.29, 0.717) is 12.3 Å². The zero-order valence-electron chi connectivity index (χ0n) is 12.0. The Labute approximate surface area is 122 Å². The summed E-state index contributed by atoms with van der Waals surface area (Å²) in [6.07, 6.45) is 6.30. The molecule has 0 saturated carbocycles. The number of piperidine rings is 1. The molecule has 0 aromatic heterocycles. The molecule has 3 atom stereocenters. The van der Waals surface area contributed by atoms with E-state index in [1.54, 1.807) is 6.92 Å². The minimum Gasteiger partial charge on any atom is -0.295 e. The van der Waals surface area contributed by atoms with Gasteiger partial charge in [-0.1, -0.05) is 19.1 Å². The Bertz CT molecular complexity index is 618. The Morgan fingerprint density at radius 2 is 2.10 bits per heavy atom. The molecule has 0 radical (unpaired) electrons. The van der Waals surface area contributed by atoms with Gasteiger partial charge in [-0.15, -0.1) is 0 Å².